The second-order valence-corrected chi connectivity index (χ2v) is 11.2. The third-order valence-electron chi connectivity index (χ3n) is 8.67. The van der Waals surface area contributed by atoms with Gasteiger partial charge in [0.2, 0.25) is 0 Å². The number of amides is 1. The lowest BCUT2D eigenvalue weighted by Crippen LogP contribution is -2.54. The highest BCUT2D eigenvalue weighted by Gasteiger charge is 2.32. The Morgan fingerprint density at radius 2 is 1.88 bits per heavy atom. The minimum absolute atomic E-state index is 0.0446. The Morgan fingerprint density at radius 3 is 2.62 bits per heavy atom. The zero-order valence-corrected chi connectivity index (χ0v) is 24.1. The number of aromatic nitrogens is 2. The maximum Gasteiger partial charge on any atom is 0.317 e. The van der Waals surface area contributed by atoms with E-state index in [0.717, 1.165) is 69.2 Å². The first-order chi connectivity index (χ1) is 19.6. The van der Waals surface area contributed by atoms with Gasteiger partial charge >= 0.3 is 6.01 Å². The normalized spacial score (nSPS) is 26.0. The number of piperidine rings is 1. The molecule has 0 saturated carbocycles. The Bertz CT molecular complexity index is 1110. The predicted octanol–water partition coefficient (Wildman–Crippen LogP) is 4.03. The van der Waals surface area contributed by atoms with Gasteiger partial charge in [-0.1, -0.05) is 30.3 Å². The molecule has 5 rings (SSSR count). The molecule has 9 nitrogen and oxygen atoms in total. The van der Waals surface area contributed by atoms with Gasteiger partial charge in [-0.3, -0.25) is 4.79 Å². The van der Waals surface area contributed by atoms with E-state index in [0.29, 0.717) is 31.4 Å². The lowest BCUT2D eigenvalue weighted by Gasteiger charge is -2.38. The summed E-state index contributed by atoms with van der Waals surface area (Å²) in [7, 11) is 3.30. The standard InChI is InChI=1S/C31H44N4O5/c1-21-25(13-12-24-10-7-11-27(40-24)22-8-5-4-6-9-22)33-31(38-3)34-29(21)30(36)35-17-14-23(15-18-35)32-26-16-19-39-20-28(26)37-2/h4-6,8-9,23-24,26-28,32H,7,10-20H2,1-3H3/t24-,26+,27+,28-/m1/s1. The van der Waals surface area contributed by atoms with E-state index in [1.807, 2.05) is 17.9 Å². The highest BCUT2D eigenvalue weighted by atomic mass is 16.5. The molecule has 0 aliphatic carbocycles. The van der Waals surface area contributed by atoms with E-state index < -0.39 is 0 Å². The molecular formula is C31H44N4O5. The molecule has 2 aromatic rings. The van der Waals surface area contributed by atoms with Crippen LogP contribution in [0.3, 0.4) is 0 Å². The summed E-state index contributed by atoms with van der Waals surface area (Å²) in [6.45, 7) is 4.72. The van der Waals surface area contributed by atoms with Crippen LogP contribution in [0.2, 0.25) is 0 Å². The molecule has 3 fully saturated rings. The van der Waals surface area contributed by atoms with Crippen LogP contribution in [0.4, 0.5) is 0 Å². The Hall–Kier alpha value is -2.59. The highest BCUT2D eigenvalue weighted by molar-refractivity contribution is 5.94. The minimum Gasteiger partial charge on any atom is -0.467 e. The van der Waals surface area contributed by atoms with Crippen molar-refractivity contribution in [2.75, 3.05) is 40.5 Å². The second-order valence-electron chi connectivity index (χ2n) is 11.2. The lowest BCUT2D eigenvalue weighted by atomic mass is 9.95. The van der Waals surface area contributed by atoms with Crippen molar-refractivity contribution in [2.45, 2.75) is 88.7 Å². The number of nitrogens with one attached hydrogen (secondary N) is 1. The van der Waals surface area contributed by atoms with Crippen molar-refractivity contribution in [3.05, 3.63) is 52.8 Å². The Kier molecular flexibility index (Phi) is 10.0. The molecular weight excluding hydrogens is 508 g/mol. The summed E-state index contributed by atoms with van der Waals surface area (Å²) in [5.41, 5.74) is 3.39. The molecule has 3 aliphatic rings. The van der Waals surface area contributed by atoms with Gasteiger partial charge in [0, 0.05) is 44.5 Å². The summed E-state index contributed by atoms with van der Waals surface area (Å²) < 4.78 is 23.1. The van der Waals surface area contributed by atoms with Crippen LogP contribution >= 0.6 is 0 Å². The monoisotopic (exact) mass is 552 g/mol. The van der Waals surface area contributed by atoms with Gasteiger partial charge in [-0.05, 0) is 63.9 Å². The molecule has 4 heterocycles. The van der Waals surface area contributed by atoms with E-state index in [4.69, 9.17) is 18.9 Å². The number of benzene rings is 1. The van der Waals surface area contributed by atoms with E-state index in [1.54, 1.807) is 14.2 Å². The summed E-state index contributed by atoms with van der Waals surface area (Å²) in [4.78, 5) is 24.7. The number of carbonyl (C=O) groups is 1. The van der Waals surface area contributed by atoms with Crippen LogP contribution < -0.4 is 10.1 Å². The summed E-state index contributed by atoms with van der Waals surface area (Å²) in [6, 6.07) is 11.4. The van der Waals surface area contributed by atoms with Crippen LogP contribution in [0.1, 0.15) is 78.4 Å². The zero-order valence-electron chi connectivity index (χ0n) is 24.1. The molecule has 1 aromatic heterocycles. The van der Waals surface area contributed by atoms with Crippen LogP contribution in [-0.2, 0) is 20.6 Å². The van der Waals surface area contributed by atoms with Gasteiger partial charge in [-0.15, -0.1) is 0 Å². The van der Waals surface area contributed by atoms with E-state index in [9.17, 15) is 4.79 Å². The summed E-state index contributed by atoms with van der Waals surface area (Å²) in [6.07, 6.45) is 7.92. The van der Waals surface area contributed by atoms with E-state index in [1.165, 1.54) is 5.56 Å². The highest BCUT2D eigenvalue weighted by Crippen LogP contribution is 2.33. The van der Waals surface area contributed by atoms with Crippen LogP contribution in [0, 0.1) is 6.92 Å². The van der Waals surface area contributed by atoms with Crippen LogP contribution in [0.25, 0.3) is 0 Å². The molecule has 218 valence electrons. The van der Waals surface area contributed by atoms with Crippen molar-refractivity contribution >= 4 is 5.91 Å². The number of rotatable bonds is 9. The van der Waals surface area contributed by atoms with Crippen LogP contribution in [0.15, 0.2) is 30.3 Å². The quantitative estimate of drug-likeness (QED) is 0.498. The molecule has 0 spiro atoms. The topological polar surface area (TPSA) is 95.0 Å². The maximum atomic E-state index is 13.6. The number of hydrogen-bond acceptors (Lipinski definition) is 8. The van der Waals surface area contributed by atoms with E-state index in [2.05, 4.69) is 39.6 Å². The van der Waals surface area contributed by atoms with Crippen molar-refractivity contribution in [1.82, 2.24) is 20.2 Å². The smallest absolute Gasteiger partial charge is 0.317 e. The lowest BCUT2D eigenvalue weighted by molar-refractivity contribution is -0.0547. The Morgan fingerprint density at radius 1 is 1.07 bits per heavy atom. The molecule has 0 bridgehead atoms. The number of ether oxygens (including phenoxy) is 4. The predicted molar refractivity (Wildman–Crippen MR) is 152 cm³/mol. The SMILES string of the molecule is COc1nc(CC[C@H]2CCC[C@@H](c3ccccc3)O2)c(C)c(C(=O)N2CCC(N[C@H]3CCOC[C@H]3OC)CC2)n1. The molecule has 1 amide bonds. The van der Waals surface area contributed by atoms with Crippen LogP contribution in [-0.4, -0.2) is 85.6 Å². The molecule has 0 radical (unpaired) electrons. The van der Waals surface area contributed by atoms with Gasteiger partial charge in [0.1, 0.15) is 5.69 Å². The largest absolute Gasteiger partial charge is 0.467 e. The fraction of sp³-hybridized carbons (Fsp3) is 0.645. The first-order valence-corrected chi connectivity index (χ1v) is 14.8. The molecule has 1 aromatic carbocycles. The molecule has 4 atom stereocenters. The van der Waals surface area contributed by atoms with Gasteiger partial charge < -0.3 is 29.2 Å². The fourth-order valence-corrected chi connectivity index (χ4v) is 6.24. The van der Waals surface area contributed by atoms with Crippen molar-refractivity contribution in [1.29, 1.82) is 0 Å². The molecule has 1 N–H and O–H groups in total. The average Bonchev–Trinajstić information content (AvgIpc) is 3.01. The van der Waals surface area contributed by atoms with Gasteiger partial charge in [-0.2, -0.15) is 9.97 Å². The fourth-order valence-electron chi connectivity index (χ4n) is 6.24. The number of hydrogen-bond donors (Lipinski definition) is 1. The number of methoxy groups -OCH3 is 2. The maximum absolute atomic E-state index is 13.6. The number of carbonyl (C=O) groups excluding carboxylic acids is 1. The summed E-state index contributed by atoms with van der Waals surface area (Å²) in [5, 5.41) is 3.76. The second kappa shape index (κ2) is 13.9. The van der Waals surface area contributed by atoms with Gasteiger partial charge in [0.05, 0.1) is 37.7 Å². The summed E-state index contributed by atoms with van der Waals surface area (Å²) in [5.74, 6) is -0.0446. The van der Waals surface area contributed by atoms with E-state index >= 15 is 0 Å². The Balaban J connectivity index is 1.19. The number of aryl methyl sites for hydroxylation is 1. The molecule has 3 saturated heterocycles. The van der Waals surface area contributed by atoms with Crippen molar-refractivity contribution in [3.63, 3.8) is 0 Å². The van der Waals surface area contributed by atoms with Crippen LogP contribution in [0.5, 0.6) is 6.01 Å². The molecule has 9 heteroatoms. The third-order valence-corrected chi connectivity index (χ3v) is 8.67. The first-order valence-electron chi connectivity index (χ1n) is 14.8. The van der Waals surface area contributed by atoms with Gasteiger partial charge in [-0.25, -0.2) is 0 Å². The molecule has 40 heavy (non-hydrogen) atoms. The average molecular weight is 553 g/mol. The van der Waals surface area contributed by atoms with Crippen molar-refractivity contribution in [3.8, 4) is 6.01 Å². The zero-order chi connectivity index (χ0) is 27.9. The number of nitrogens with zero attached hydrogens (tertiary/aromatic N) is 3. The van der Waals surface area contributed by atoms with Crippen molar-refractivity contribution in [2.24, 2.45) is 0 Å². The molecule has 0 unspecified atom stereocenters. The Labute approximate surface area is 237 Å². The molecule has 3 aliphatic heterocycles. The van der Waals surface area contributed by atoms with E-state index in [-0.39, 0.29) is 36.3 Å². The summed E-state index contributed by atoms with van der Waals surface area (Å²) >= 11 is 0. The first kappa shape index (κ1) is 28.9. The third kappa shape index (κ3) is 7.00. The minimum atomic E-state index is -0.0446. The number of likely N-dealkylation sites (tertiary alicyclic amines) is 1. The van der Waals surface area contributed by atoms with Gasteiger partial charge in [0.25, 0.3) is 5.91 Å². The van der Waals surface area contributed by atoms with Crippen molar-refractivity contribution < 1.29 is 23.7 Å². The van der Waals surface area contributed by atoms with Gasteiger partial charge in [0.15, 0.2) is 0 Å².